The predicted molar refractivity (Wildman–Crippen MR) is 123 cm³/mol. The molecule has 31 heavy (non-hydrogen) atoms. The molecule has 0 aliphatic heterocycles. The first kappa shape index (κ1) is 22.0. The van der Waals surface area contributed by atoms with Crippen LogP contribution in [0.5, 0.6) is 0 Å². The van der Waals surface area contributed by atoms with E-state index in [1.54, 1.807) is 37.3 Å². The molecule has 0 aliphatic rings. The van der Waals surface area contributed by atoms with E-state index in [2.05, 4.69) is 37.3 Å². The van der Waals surface area contributed by atoms with E-state index >= 15 is 0 Å². The van der Waals surface area contributed by atoms with Gasteiger partial charge in [-0.3, -0.25) is 14.2 Å². The SMILES string of the molecule is CCCc1ccccc1.Cc1c(C(N)=O)c2ccccc2c(=O)n1-c1ccccc1F. The molecule has 1 heterocycles. The fourth-order valence-corrected chi connectivity index (χ4v) is 3.63. The van der Waals surface area contributed by atoms with E-state index in [1.807, 2.05) is 0 Å². The average Bonchev–Trinajstić information content (AvgIpc) is 2.76. The third-order valence-electron chi connectivity index (χ3n) is 5.05. The zero-order valence-corrected chi connectivity index (χ0v) is 17.6. The maximum atomic E-state index is 14.1. The van der Waals surface area contributed by atoms with Gasteiger partial charge in [-0.1, -0.05) is 74.0 Å². The molecule has 1 amide bonds. The largest absolute Gasteiger partial charge is 0.366 e. The second-order valence-corrected chi connectivity index (χ2v) is 7.20. The van der Waals surface area contributed by atoms with Crippen molar-refractivity contribution in [2.24, 2.45) is 5.73 Å². The Morgan fingerprint density at radius 3 is 2.10 bits per heavy atom. The van der Waals surface area contributed by atoms with Gasteiger partial charge in [-0.25, -0.2) is 4.39 Å². The average molecular weight is 416 g/mol. The molecule has 0 spiro atoms. The van der Waals surface area contributed by atoms with Crippen LogP contribution in [0.15, 0.2) is 83.7 Å². The first-order valence-electron chi connectivity index (χ1n) is 10.2. The zero-order valence-electron chi connectivity index (χ0n) is 17.6. The molecule has 5 heteroatoms. The molecule has 4 aromatic rings. The normalized spacial score (nSPS) is 10.4. The number of primary amides is 1. The van der Waals surface area contributed by atoms with Crippen LogP contribution in [-0.4, -0.2) is 10.5 Å². The number of benzene rings is 3. The van der Waals surface area contributed by atoms with Crippen LogP contribution in [0.2, 0.25) is 0 Å². The number of nitrogens with zero attached hydrogens (tertiary/aromatic N) is 1. The molecule has 0 unspecified atom stereocenters. The summed E-state index contributed by atoms with van der Waals surface area (Å²) in [6, 6.07) is 23.2. The van der Waals surface area contributed by atoms with Gasteiger partial charge < -0.3 is 5.73 Å². The molecule has 0 saturated carbocycles. The van der Waals surface area contributed by atoms with Crippen molar-refractivity contribution < 1.29 is 9.18 Å². The lowest BCUT2D eigenvalue weighted by atomic mass is 10.0. The van der Waals surface area contributed by atoms with E-state index in [-0.39, 0.29) is 16.8 Å². The van der Waals surface area contributed by atoms with Crippen molar-refractivity contribution >= 4 is 16.7 Å². The molecular weight excluding hydrogens is 391 g/mol. The Morgan fingerprint density at radius 2 is 1.48 bits per heavy atom. The lowest BCUT2D eigenvalue weighted by Gasteiger charge is -2.16. The van der Waals surface area contributed by atoms with Gasteiger partial charge in [-0.2, -0.15) is 0 Å². The molecule has 0 radical (unpaired) electrons. The Bertz CT molecular complexity index is 1260. The Labute approximate surface area is 180 Å². The minimum Gasteiger partial charge on any atom is -0.366 e. The van der Waals surface area contributed by atoms with Crippen molar-refractivity contribution in [3.63, 3.8) is 0 Å². The highest BCUT2D eigenvalue weighted by molar-refractivity contribution is 6.07. The zero-order chi connectivity index (χ0) is 22.4. The molecular formula is C26H25FN2O2. The number of pyridine rings is 1. The van der Waals surface area contributed by atoms with E-state index < -0.39 is 11.7 Å². The first-order valence-corrected chi connectivity index (χ1v) is 10.2. The van der Waals surface area contributed by atoms with Crippen LogP contribution < -0.4 is 11.3 Å². The van der Waals surface area contributed by atoms with E-state index in [9.17, 15) is 14.0 Å². The summed E-state index contributed by atoms with van der Waals surface area (Å²) in [5.41, 5.74) is 7.16. The summed E-state index contributed by atoms with van der Waals surface area (Å²) in [4.78, 5) is 24.5. The van der Waals surface area contributed by atoms with Gasteiger partial charge >= 0.3 is 0 Å². The third-order valence-corrected chi connectivity index (χ3v) is 5.05. The standard InChI is InChI=1S/C17H13FN2O2.C9H12/c1-10-15(16(19)21)11-6-2-3-7-12(11)17(22)20(10)14-9-5-4-8-13(14)18;1-2-6-9-7-4-3-5-8-9/h2-9H,1H3,(H2,19,21);3-5,7-8H,2,6H2,1H3. The first-order chi connectivity index (χ1) is 15.0. The molecule has 158 valence electrons. The summed E-state index contributed by atoms with van der Waals surface area (Å²) in [5, 5.41) is 0.801. The smallest absolute Gasteiger partial charge is 0.263 e. The van der Waals surface area contributed by atoms with Crippen molar-refractivity contribution in [3.8, 4) is 5.69 Å². The maximum absolute atomic E-state index is 14.1. The minimum absolute atomic E-state index is 0.0956. The number of halogens is 1. The van der Waals surface area contributed by atoms with Crippen LogP contribution in [0, 0.1) is 12.7 Å². The Morgan fingerprint density at radius 1 is 0.903 bits per heavy atom. The van der Waals surface area contributed by atoms with Gasteiger partial charge in [0.2, 0.25) is 0 Å². The second-order valence-electron chi connectivity index (χ2n) is 7.20. The van der Waals surface area contributed by atoms with Crippen molar-refractivity contribution in [3.05, 3.63) is 112 Å². The van der Waals surface area contributed by atoms with Crippen molar-refractivity contribution in [1.29, 1.82) is 0 Å². The molecule has 0 saturated heterocycles. The minimum atomic E-state index is -0.654. The summed E-state index contributed by atoms with van der Waals surface area (Å²) in [7, 11) is 0. The third kappa shape index (κ3) is 4.72. The van der Waals surface area contributed by atoms with Crippen molar-refractivity contribution in [2.75, 3.05) is 0 Å². The van der Waals surface area contributed by atoms with Crippen LogP contribution in [0.3, 0.4) is 0 Å². The molecule has 0 atom stereocenters. The number of nitrogens with two attached hydrogens (primary N) is 1. The summed E-state index contributed by atoms with van der Waals surface area (Å²) >= 11 is 0. The highest BCUT2D eigenvalue weighted by Gasteiger charge is 2.19. The fraction of sp³-hybridized carbons (Fsp3) is 0.154. The second kappa shape index (κ2) is 9.85. The van der Waals surface area contributed by atoms with Crippen LogP contribution in [0.1, 0.15) is 35.0 Å². The summed E-state index contributed by atoms with van der Waals surface area (Å²) in [6.45, 7) is 3.79. The number of para-hydroxylation sites is 1. The molecule has 4 rings (SSSR count). The molecule has 0 bridgehead atoms. The number of rotatable bonds is 4. The van der Waals surface area contributed by atoms with E-state index in [0.717, 1.165) is 0 Å². The number of aromatic nitrogens is 1. The van der Waals surface area contributed by atoms with Crippen molar-refractivity contribution in [2.45, 2.75) is 26.7 Å². The van der Waals surface area contributed by atoms with Gasteiger partial charge in [-0.05, 0) is 37.1 Å². The Kier molecular flexibility index (Phi) is 6.98. The Balaban J connectivity index is 0.000000254. The van der Waals surface area contributed by atoms with Gasteiger partial charge in [0.05, 0.1) is 11.3 Å². The quantitative estimate of drug-likeness (QED) is 0.498. The lowest BCUT2D eigenvalue weighted by molar-refractivity contribution is 0.100. The van der Waals surface area contributed by atoms with Gasteiger partial charge in [0.25, 0.3) is 11.5 Å². The van der Waals surface area contributed by atoms with E-state index in [1.165, 1.54) is 41.2 Å². The van der Waals surface area contributed by atoms with Gasteiger partial charge in [0.15, 0.2) is 0 Å². The predicted octanol–water partition coefficient (Wildman–Crippen LogP) is 5.18. The highest BCUT2D eigenvalue weighted by atomic mass is 19.1. The molecule has 0 aliphatic carbocycles. The number of fused-ring (bicyclic) bond motifs is 1. The maximum Gasteiger partial charge on any atom is 0.263 e. The fourth-order valence-electron chi connectivity index (χ4n) is 3.63. The molecule has 2 N–H and O–H groups in total. The van der Waals surface area contributed by atoms with E-state index in [0.29, 0.717) is 16.5 Å². The van der Waals surface area contributed by atoms with E-state index in [4.69, 9.17) is 5.73 Å². The number of amides is 1. The topological polar surface area (TPSA) is 65.1 Å². The molecule has 3 aromatic carbocycles. The number of hydrogen-bond donors (Lipinski definition) is 1. The number of carbonyl (C=O) groups excluding carboxylic acids is 1. The number of aryl methyl sites for hydroxylation is 1. The van der Waals surface area contributed by atoms with Gasteiger partial charge in [0.1, 0.15) is 5.82 Å². The van der Waals surface area contributed by atoms with Crippen LogP contribution in [0.25, 0.3) is 16.5 Å². The molecule has 1 aromatic heterocycles. The lowest BCUT2D eigenvalue weighted by Crippen LogP contribution is -2.26. The summed E-state index contributed by atoms with van der Waals surface area (Å²) in [6.07, 6.45) is 2.45. The van der Waals surface area contributed by atoms with Crippen LogP contribution in [-0.2, 0) is 6.42 Å². The highest BCUT2D eigenvalue weighted by Crippen LogP contribution is 2.22. The number of carbonyl (C=O) groups is 1. The molecule has 4 nitrogen and oxygen atoms in total. The summed E-state index contributed by atoms with van der Waals surface area (Å²) < 4.78 is 15.3. The monoisotopic (exact) mass is 416 g/mol. The van der Waals surface area contributed by atoms with Crippen LogP contribution in [0.4, 0.5) is 4.39 Å². The summed E-state index contributed by atoms with van der Waals surface area (Å²) in [5.74, 6) is -1.20. The Hall–Kier alpha value is -3.73. The molecule has 0 fully saturated rings. The van der Waals surface area contributed by atoms with Gasteiger partial charge in [-0.15, -0.1) is 0 Å². The van der Waals surface area contributed by atoms with Gasteiger partial charge in [0, 0.05) is 16.5 Å². The number of hydrogen-bond acceptors (Lipinski definition) is 2. The van der Waals surface area contributed by atoms with Crippen molar-refractivity contribution in [1.82, 2.24) is 4.57 Å². The van der Waals surface area contributed by atoms with Crippen LogP contribution >= 0.6 is 0 Å².